The lowest BCUT2D eigenvalue weighted by atomic mass is 9.87. The van der Waals surface area contributed by atoms with Gasteiger partial charge in [0.05, 0.1) is 16.9 Å². The zero-order valence-electron chi connectivity index (χ0n) is 7.75. The lowest BCUT2D eigenvalue weighted by molar-refractivity contribution is -0.115. The van der Waals surface area contributed by atoms with Crippen LogP contribution in [0.3, 0.4) is 0 Å². The minimum Gasteiger partial charge on any atom is -0.303 e. The zero-order chi connectivity index (χ0) is 10.1. The van der Waals surface area contributed by atoms with Gasteiger partial charge in [0.2, 0.25) is 0 Å². The molecule has 0 spiro atoms. The Balaban J connectivity index is 2.56. The number of hydrogen-bond donors (Lipinski definition) is 0. The van der Waals surface area contributed by atoms with E-state index >= 15 is 0 Å². The molecule has 1 aliphatic rings. The quantitative estimate of drug-likeness (QED) is 0.504. The van der Waals surface area contributed by atoms with E-state index in [9.17, 15) is 13.2 Å². The maximum Gasteiger partial charge on any atom is 0.152 e. The Bertz CT molecular complexity index is 315. The number of sulfone groups is 1. The van der Waals surface area contributed by atoms with Gasteiger partial charge in [-0.15, -0.1) is 6.58 Å². The molecule has 4 heteroatoms. The number of hydrogen-bond acceptors (Lipinski definition) is 3. The van der Waals surface area contributed by atoms with Gasteiger partial charge in [0.1, 0.15) is 6.29 Å². The first kappa shape index (κ1) is 10.4. The number of rotatable bonds is 4. The maximum atomic E-state index is 10.9. The number of allylic oxidation sites excluding steroid dienone is 1. The standard InChI is InChI=1S/C9H14O3S/c1-8(2)3-4-9(5-10)6-13(11,12)7-9/h5H,1,3-4,6-7H2,2H3. The van der Waals surface area contributed by atoms with Crippen LogP contribution in [0.5, 0.6) is 0 Å². The van der Waals surface area contributed by atoms with Gasteiger partial charge in [-0.2, -0.15) is 0 Å². The van der Waals surface area contributed by atoms with Crippen molar-refractivity contribution in [3.8, 4) is 0 Å². The van der Waals surface area contributed by atoms with Crippen LogP contribution in [0.25, 0.3) is 0 Å². The smallest absolute Gasteiger partial charge is 0.152 e. The predicted octanol–water partition coefficient (Wildman–Crippen LogP) is 0.956. The third-order valence-electron chi connectivity index (χ3n) is 2.31. The normalized spacial score (nSPS) is 23.2. The highest BCUT2D eigenvalue weighted by atomic mass is 32.2. The van der Waals surface area contributed by atoms with Crippen molar-refractivity contribution in [1.82, 2.24) is 0 Å². The van der Waals surface area contributed by atoms with Gasteiger partial charge < -0.3 is 4.79 Å². The van der Waals surface area contributed by atoms with Gasteiger partial charge in [0.25, 0.3) is 0 Å². The van der Waals surface area contributed by atoms with Crippen molar-refractivity contribution in [3.63, 3.8) is 0 Å². The average Bonchev–Trinajstić information content (AvgIpc) is 1.96. The van der Waals surface area contributed by atoms with Gasteiger partial charge in [-0.25, -0.2) is 8.42 Å². The van der Waals surface area contributed by atoms with Crippen molar-refractivity contribution in [2.45, 2.75) is 19.8 Å². The molecule has 0 aliphatic carbocycles. The Kier molecular flexibility index (Phi) is 2.61. The SMILES string of the molecule is C=C(C)CCC1(C=O)CS(=O)(=O)C1. The summed E-state index contributed by atoms with van der Waals surface area (Å²) in [6.07, 6.45) is 2.14. The second-order valence-corrected chi connectivity index (χ2v) is 6.03. The molecule has 0 N–H and O–H groups in total. The van der Waals surface area contributed by atoms with Gasteiger partial charge in [0, 0.05) is 0 Å². The summed E-state index contributed by atoms with van der Waals surface area (Å²) < 4.78 is 21.8. The average molecular weight is 202 g/mol. The van der Waals surface area contributed by atoms with Crippen LogP contribution < -0.4 is 0 Å². The number of carbonyl (C=O) groups excluding carboxylic acids is 1. The summed E-state index contributed by atoms with van der Waals surface area (Å²) in [5.74, 6) is 0.0492. The van der Waals surface area contributed by atoms with Gasteiger partial charge in [-0.05, 0) is 19.8 Å². The van der Waals surface area contributed by atoms with Crippen LogP contribution in [0.15, 0.2) is 12.2 Å². The van der Waals surface area contributed by atoms with Crippen LogP contribution in [0, 0.1) is 5.41 Å². The summed E-state index contributed by atoms with van der Waals surface area (Å²) in [6.45, 7) is 5.60. The molecule has 0 saturated carbocycles. The summed E-state index contributed by atoms with van der Waals surface area (Å²) in [5, 5.41) is 0. The molecule has 0 bridgehead atoms. The summed E-state index contributed by atoms with van der Waals surface area (Å²) in [5.41, 5.74) is 0.392. The fourth-order valence-corrected chi connectivity index (χ4v) is 3.66. The van der Waals surface area contributed by atoms with Gasteiger partial charge >= 0.3 is 0 Å². The molecule has 0 unspecified atom stereocenters. The molecule has 0 aromatic heterocycles. The van der Waals surface area contributed by atoms with E-state index in [4.69, 9.17) is 0 Å². The molecule has 0 atom stereocenters. The van der Waals surface area contributed by atoms with E-state index in [0.717, 1.165) is 18.3 Å². The summed E-state index contributed by atoms with van der Waals surface area (Å²) in [6, 6.07) is 0. The third-order valence-corrected chi connectivity index (χ3v) is 4.34. The molecule has 1 heterocycles. The van der Waals surface area contributed by atoms with Crippen LogP contribution in [-0.4, -0.2) is 26.2 Å². The van der Waals surface area contributed by atoms with E-state index in [1.807, 2.05) is 6.92 Å². The molecular weight excluding hydrogens is 188 g/mol. The van der Waals surface area contributed by atoms with Crippen LogP contribution in [0.4, 0.5) is 0 Å². The van der Waals surface area contributed by atoms with E-state index in [0.29, 0.717) is 6.42 Å². The summed E-state index contributed by atoms with van der Waals surface area (Å²) >= 11 is 0. The molecule has 0 radical (unpaired) electrons. The molecule has 0 amide bonds. The monoisotopic (exact) mass is 202 g/mol. The third kappa shape index (κ3) is 2.40. The first-order valence-corrected chi connectivity index (χ1v) is 6.02. The Morgan fingerprint density at radius 1 is 1.54 bits per heavy atom. The summed E-state index contributed by atoms with van der Waals surface area (Å²) in [4.78, 5) is 10.7. The highest BCUT2D eigenvalue weighted by Gasteiger charge is 2.47. The Morgan fingerprint density at radius 3 is 2.38 bits per heavy atom. The maximum absolute atomic E-state index is 10.9. The zero-order valence-corrected chi connectivity index (χ0v) is 8.56. The second-order valence-electron chi connectivity index (χ2n) is 3.97. The van der Waals surface area contributed by atoms with E-state index in [2.05, 4.69) is 6.58 Å². The van der Waals surface area contributed by atoms with Crippen LogP contribution >= 0.6 is 0 Å². The Hall–Kier alpha value is -0.640. The van der Waals surface area contributed by atoms with Crippen molar-refractivity contribution in [2.24, 2.45) is 5.41 Å². The summed E-state index contributed by atoms with van der Waals surface area (Å²) in [7, 11) is -2.91. The van der Waals surface area contributed by atoms with Crippen LogP contribution in [-0.2, 0) is 14.6 Å². The largest absolute Gasteiger partial charge is 0.303 e. The molecule has 1 aliphatic heterocycles. The van der Waals surface area contributed by atoms with Crippen molar-refractivity contribution in [1.29, 1.82) is 0 Å². The lowest BCUT2D eigenvalue weighted by Crippen LogP contribution is -2.49. The molecule has 1 rings (SSSR count). The first-order valence-electron chi connectivity index (χ1n) is 4.20. The fraction of sp³-hybridized carbons (Fsp3) is 0.667. The van der Waals surface area contributed by atoms with Gasteiger partial charge in [-0.1, -0.05) is 5.57 Å². The van der Waals surface area contributed by atoms with Crippen molar-refractivity contribution < 1.29 is 13.2 Å². The topological polar surface area (TPSA) is 51.2 Å². The molecule has 0 aromatic rings. The molecular formula is C9H14O3S. The molecule has 0 aromatic carbocycles. The van der Waals surface area contributed by atoms with E-state index in [1.54, 1.807) is 0 Å². The molecule has 3 nitrogen and oxygen atoms in total. The van der Waals surface area contributed by atoms with Crippen molar-refractivity contribution in [3.05, 3.63) is 12.2 Å². The molecule has 74 valence electrons. The van der Waals surface area contributed by atoms with Gasteiger partial charge in [0.15, 0.2) is 9.84 Å². The molecule has 1 saturated heterocycles. The van der Waals surface area contributed by atoms with Crippen molar-refractivity contribution >= 4 is 16.1 Å². The minimum absolute atomic E-state index is 0.0246. The Labute approximate surface area is 78.8 Å². The minimum atomic E-state index is -2.91. The second kappa shape index (κ2) is 3.25. The van der Waals surface area contributed by atoms with Crippen LogP contribution in [0.1, 0.15) is 19.8 Å². The Morgan fingerprint density at radius 2 is 2.08 bits per heavy atom. The van der Waals surface area contributed by atoms with Gasteiger partial charge in [-0.3, -0.25) is 0 Å². The lowest BCUT2D eigenvalue weighted by Gasteiger charge is -2.36. The highest BCUT2D eigenvalue weighted by Crippen LogP contribution is 2.36. The van der Waals surface area contributed by atoms with E-state index in [-0.39, 0.29) is 11.5 Å². The van der Waals surface area contributed by atoms with E-state index < -0.39 is 15.3 Å². The highest BCUT2D eigenvalue weighted by molar-refractivity contribution is 7.93. The predicted molar refractivity (Wildman–Crippen MR) is 51.2 cm³/mol. The van der Waals surface area contributed by atoms with Crippen LogP contribution in [0.2, 0.25) is 0 Å². The molecule has 1 fully saturated rings. The number of aldehydes is 1. The van der Waals surface area contributed by atoms with Crippen molar-refractivity contribution in [2.75, 3.05) is 11.5 Å². The number of carbonyl (C=O) groups is 1. The fourth-order valence-electron chi connectivity index (χ4n) is 1.57. The molecule has 13 heavy (non-hydrogen) atoms. The van der Waals surface area contributed by atoms with E-state index in [1.165, 1.54) is 0 Å². The first-order chi connectivity index (χ1) is 5.89.